The molecule has 0 saturated heterocycles. The summed E-state index contributed by atoms with van der Waals surface area (Å²) >= 11 is 11.1. The third-order valence-electron chi connectivity index (χ3n) is 6.00. The van der Waals surface area contributed by atoms with Crippen molar-refractivity contribution in [1.29, 1.82) is 0 Å². The number of halogens is 2. The molecule has 2 N–H and O–H groups in total. The van der Waals surface area contributed by atoms with E-state index < -0.39 is 6.29 Å². The van der Waals surface area contributed by atoms with E-state index in [-0.39, 0.29) is 29.1 Å². The fourth-order valence-corrected chi connectivity index (χ4v) is 5.54. The zero-order valence-corrected chi connectivity index (χ0v) is 24.7. The molecule has 0 fully saturated rings. The van der Waals surface area contributed by atoms with Gasteiger partial charge in [-0.25, -0.2) is 0 Å². The molecule has 0 bridgehead atoms. The maximum absolute atomic E-state index is 12.8. The summed E-state index contributed by atoms with van der Waals surface area (Å²) in [5.41, 5.74) is 2.91. The number of anilines is 1. The Morgan fingerprint density at radius 3 is 2.51 bits per heavy atom. The van der Waals surface area contributed by atoms with Crippen LogP contribution in [0.15, 0.2) is 64.5 Å². The van der Waals surface area contributed by atoms with Crippen molar-refractivity contribution in [2.24, 2.45) is 0 Å². The summed E-state index contributed by atoms with van der Waals surface area (Å²) in [7, 11) is 2.97. The summed E-state index contributed by atoms with van der Waals surface area (Å²) in [6.07, 6.45) is 0.365. The van der Waals surface area contributed by atoms with Crippen LogP contribution in [0, 0.1) is 0 Å². The normalized spacial score (nSPS) is 11.2. The van der Waals surface area contributed by atoms with Crippen molar-refractivity contribution in [2.75, 3.05) is 31.8 Å². The van der Waals surface area contributed by atoms with Crippen molar-refractivity contribution in [3.8, 4) is 5.69 Å². The first kappa shape index (κ1) is 29.0. The second-order valence-corrected chi connectivity index (χ2v) is 10.4. The number of nitrogens with one attached hydrogen (secondary N) is 2. The number of aromatic nitrogens is 3. The van der Waals surface area contributed by atoms with Crippen molar-refractivity contribution < 1.29 is 19.1 Å². The van der Waals surface area contributed by atoms with Crippen LogP contribution in [-0.4, -0.2) is 59.4 Å². The number of rotatable bonds is 11. The monoisotopic (exact) mass is 631 g/mol. The van der Waals surface area contributed by atoms with Gasteiger partial charge in [0, 0.05) is 25.2 Å². The van der Waals surface area contributed by atoms with E-state index in [9.17, 15) is 9.59 Å². The van der Waals surface area contributed by atoms with Crippen molar-refractivity contribution in [1.82, 2.24) is 20.1 Å². The average Bonchev–Trinajstić information content (AvgIpc) is 3.32. The van der Waals surface area contributed by atoms with Crippen LogP contribution >= 0.6 is 39.3 Å². The molecule has 0 spiro atoms. The van der Waals surface area contributed by atoms with Crippen LogP contribution in [0.25, 0.3) is 16.5 Å². The summed E-state index contributed by atoms with van der Waals surface area (Å²) in [4.78, 5) is 25.2. The molecule has 0 aliphatic rings. The van der Waals surface area contributed by atoms with Gasteiger partial charge in [-0.15, -0.1) is 10.2 Å². The predicted octanol–water partition coefficient (Wildman–Crippen LogP) is 5.48. The van der Waals surface area contributed by atoms with E-state index in [1.165, 1.54) is 37.6 Å². The topological polar surface area (TPSA) is 107 Å². The first-order chi connectivity index (χ1) is 18.9. The number of thioether (sulfide) groups is 1. The van der Waals surface area contributed by atoms with Gasteiger partial charge in [0.25, 0.3) is 5.91 Å². The van der Waals surface area contributed by atoms with E-state index in [0.29, 0.717) is 21.1 Å². The van der Waals surface area contributed by atoms with Gasteiger partial charge in [0.2, 0.25) is 10.6 Å². The highest BCUT2D eigenvalue weighted by molar-refractivity contribution is 9.10. The summed E-state index contributed by atoms with van der Waals surface area (Å²) < 4.78 is 12.6. The molecule has 2 amide bonds. The van der Waals surface area contributed by atoms with Gasteiger partial charge in [-0.1, -0.05) is 60.6 Å². The second-order valence-electron chi connectivity index (χ2n) is 8.37. The van der Waals surface area contributed by atoms with Gasteiger partial charge in [0.15, 0.2) is 11.4 Å². The van der Waals surface area contributed by atoms with E-state index in [4.69, 9.17) is 21.1 Å². The van der Waals surface area contributed by atoms with E-state index in [1.54, 1.807) is 12.1 Å². The highest BCUT2D eigenvalue weighted by Gasteiger charge is 2.18. The first-order valence-electron chi connectivity index (χ1n) is 12.0. The SMILES string of the molecule is CCc1ccc(-n2c(Br)nnc2SCC(=O)Nc2ccc(C(=O)NCC(OC)OC)cc2Cl)c2ccccc12. The molecule has 4 rings (SSSR count). The van der Waals surface area contributed by atoms with Crippen LogP contribution in [0.5, 0.6) is 0 Å². The number of fused-ring (bicyclic) bond motifs is 1. The Kier molecular flexibility index (Phi) is 9.98. The molecule has 3 aromatic carbocycles. The van der Waals surface area contributed by atoms with Crippen molar-refractivity contribution in [3.63, 3.8) is 0 Å². The molecular weight excluding hydrogens is 606 g/mol. The van der Waals surface area contributed by atoms with Crippen LogP contribution in [0.4, 0.5) is 5.69 Å². The predicted molar refractivity (Wildman–Crippen MR) is 157 cm³/mol. The summed E-state index contributed by atoms with van der Waals surface area (Å²) in [6, 6.07) is 17.0. The van der Waals surface area contributed by atoms with Gasteiger partial charge >= 0.3 is 0 Å². The summed E-state index contributed by atoms with van der Waals surface area (Å²) in [5.74, 6) is -0.544. The molecular formula is C27H27BrClN5O4S. The van der Waals surface area contributed by atoms with Crippen LogP contribution in [0.1, 0.15) is 22.8 Å². The number of carbonyl (C=O) groups excluding carboxylic acids is 2. The van der Waals surface area contributed by atoms with E-state index in [0.717, 1.165) is 22.9 Å². The minimum Gasteiger partial charge on any atom is -0.354 e. The zero-order chi connectivity index (χ0) is 27.9. The maximum atomic E-state index is 12.8. The largest absolute Gasteiger partial charge is 0.354 e. The molecule has 204 valence electrons. The lowest BCUT2D eigenvalue weighted by Gasteiger charge is -2.14. The first-order valence-corrected chi connectivity index (χ1v) is 14.2. The number of aryl methyl sites for hydroxylation is 1. The summed E-state index contributed by atoms with van der Waals surface area (Å²) in [6.45, 7) is 2.31. The van der Waals surface area contributed by atoms with Crippen molar-refractivity contribution >= 4 is 67.6 Å². The Hall–Kier alpha value is -2.96. The minimum absolute atomic E-state index is 0.0735. The molecule has 0 radical (unpaired) electrons. The van der Waals surface area contributed by atoms with E-state index in [1.807, 2.05) is 22.8 Å². The van der Waals surface area contributed by atoms with Crippen molar-refractivity contribution in [2.45, 2.75) is 24.8 Å². The Labute approximate surface area is 243 Å². The molecule has 1 heterocycles. The number of ether oxygens (including phenoxy) is 2. The number of nitrogens with zero attached hydrogens (tertiary/aromatic N) is 3. The number of carbonyl (C=O) groups is 2. The molecule has 0 saturated carbocycles. The van der Waals surface area contributed by atoms with Gasteiger partial charge in [-0.2, -0.15) is 0 Å². The number of benzene rings is 3. The molecule has 0 aliphatic carbocycles. The van der Waals surface area contributed by atoms with E-state index in [2.05, 4.69) is 61.9 Å². The quantitative estimate of drug-likeness (QED) is 0.167. The lowest BCUT2D eigenvalue weighted by atomic mass is 10.0. The van der Waals surface area contributed by atoms with Crippen LogP contribution in [0.2, 0.25) is 5.02 Å². The molecule has 0 unspecified atom stereocenters. The van der Waals surface area contributed by atoms with Crippen molar-refractivity contribution in [3.05, 3.63) is 75.5 Å². The van der Waals surface area contributed by atoms with E-state index >= 15 is 0 Å². The zero-order valence-electron chi connectivity index (χ0n) is 21.5. The molecule has 4 aromatic rings. The Morgan fingerprint density at radius 2 is 1.82 bits per heavy atom. The van der Waals surface area contributed by atoms with Gasteiger partial charge in [0.1, 0.15) is 0 Å². The van der Waals surface area contributed by atoms with Crippen LogP contribution < -0.4 is 10.6 Å². The molecule has 12 heteroatoms. The summed E-state index contributed by atoms with van der Waals surface area (Å²) in [5, 5.41) is 17.0. The van der Waals surface area contributed by atoms with Crippen LogP contribution in [0.3, 0.4) is 0 Å². The molecule has 1 aromatic heterocycles. The molecule has 39 heavy (non-hydrogen) atoms. The Bertz CT molecular complexity index is 1490. The molecule has 0 atom stereocenters. The molecule has 0 aliphatic heterocycles. The Morgan fingerprint density at radius 1 is 1.08 bits per heavy atom. The number of hydrogen-bond donors (Lipinski definition) is 2. The minimum atomic E-state index is -0.554. The fraction of sp³-hybridized carbons (Fsp3) is 0.259. The highest BCUT2D eigenvalue weighted by Crippen LogP contribution is 2.32. The number of hydrogen-bond acceptors (Lipinski definition) is 7. The van der Waals surface area contributed by atoms with Gasteiger partial charge in [-0.05, 0) is 57.6 Å². The molecule has 9 nitrogen and oxygen atoms in total. The fourth-order valence-electron chi connectivity index (χ4n) is 4.01. The maximum Gasteiger partial charge on any atom is 0.251 e. The van der Waals surface area contributed by atoms with Gasteiger partial charge < -0.3 is 20.1 Å². The number of methoxy groups -OCH3 is 2. The second kappa shape index (κ2) is 13.4. The van der Waals surface area contributed by atoms with Crippen LogP contribution in [-0.2, 0) is 20.7 Å². The smallest absolute Gasteiger partial charge is 0.251 e. The average molecular weight is 633 g/mol. The van der Waals surface area contributed by atoms with Gasteiger partial charge in [0.05, 0.1) is 28.7 Å². The third-order valence-corrected chi connectivity index (χ3v) is 7.75. The lowest BCUT2D eigenvalue weighted by molar-refractivity contribution is -0.113. The Balaban J connectivity index is 1.44. The van der Waals surface area contributed by atoms with Gasteiger partial charge in [-0.3, -0.25) is 14.2 Å². The lowest BCUT2D eigenvalue weighted by Crippen LogP contribution is -2.34. The standard InChI is InChI=1S/C27H27BrClN5O4S/c1-4-16-10-12-22(19-8-6-5-7-18(16)19)34-26(28)32-33-27(34)39-15-23(35)31-21-11-9-17(13-20(21)29)25(36)30-14-24(37-2)38-3/h5-13,24H,4,14-15H2,1-3H3,(H,30,36)(H,31,35). The third kappa shape index (κ3) is 6.79. The highest BCUT2D eigenvalue weighted by atomic mass is 79.9. The number of amides is 2.